The van der Waals surface area contributed by atoms with Gasteiger partial charge in [-0.3, -0.25) is 4.79 Å². The number of piperidine rings is 1. The summed E-state index contributed by atoms with van der Waals surface area (Å²) in [5.41, 5.74) is 0.575. The fraction of sp³-hybridized carbons (Fsp3) is 0.500. The molecule has 0 spiro atoms. The number of hydrogen-bond donors (Lipinski definition) is 0. The Kier molecular flexibility index (Phi) is 4.73. The molecule has 1 atom stereocenters. The normalized spacial score (nSPS) is 17.6. The van der Waals surface area contributed by atoms with Crippen molar-refractivity contribution in [1.82, 2.24) is 4.90 Å². The van der Waals surface area contributed by atoms with E-state index in [-0.39, 0.29) is 18.1 Å². The molecule has 1 unspecified atom stereocenters. The largest absolute Gasteiger partial charge is 0.343 e. The SMILES string of the molecule is CC1CCN(C(=O)CC(C#N)c2cccc(F)c2)CC1. The van der Waals surface area contributed by atoms with Crippen LogP contribution in [0.25, 0.3) is 0 Å². The molecule has 1 fully saturated rings. The van der Waals surface area contributed by atoms with Gasteiger partial charge >= 0.3 is 0 Å². The second-order valence-corrected chi connectivity index (χ2v) is 5.50. The molecule has 2 rings (SSSR count). The van der Waals surface area contributed by atoms with Gasteiger partial charge in [0.1, 0.15) is 5.82 Å². The number of benzene rings is 1. The molecule has 1 aromatic rings. The van der Waals surface area contributed by atoms with Gasteiger partial charge in [-0.2, -0.15) is 5.26 Å². The van der Waals surface area contributed by atoms with E-state index in [4.69, 9.17) is 0 Å². The van der Waals surface area contributed by atoms with E-state index >= 15 is 0 Å². The number of rotatable bonds is 3. The lowest BCUT2D eigenvalue weighted by Crippen LogP contribution is -2.38. The average Bonchev–Trinajstić information content (AvgIpc) is 2.45. The first-order valence-electron chi connectivity index (χ1n) is 7.03. The van der Waals surface area contributed by atoms with E-state index in [1.807, 2.05) is 4.90 Å². The summed E-state index contributed by atoms with van der Waals surface area (Å²) in [6.45, 7) is 3.72. The van der Waals surface area contributed by atoms with Gasteiger partial charge in [-0.25, -0.2) is 4.39 Å². The van der Waals surface area contributed by atoms with Crippen LogP contribution < -0.4 is 0 Å². The molecule has 0 radical (unpaired) electrons. The van der Waals surface area contributed by atoms with E-state index in [9.17, 15) is 14.4 Å². The quantitative estimate of drug-likeness (QED) is 0.850. The van der Waals surface area contributed by atoms with Crippen molar-refractivity contribution >= 4 is 5.91 Å². The second-order valence-electron chi connectivity index (χ2n) is 5.50. The van der Waals surface area contributed by atoms with Gasteiger partial charge in [0.05, 0.1) is 12.0 Å². The molecule has 4 heteroatoms. The van der Waals surface area contributed by atoms with Gasteiger partial charge in [0.15, 0.2) is 0 Å². The minimum absolute atomic E-state index is 0.00675. The summed E-state index contributed by atoms with van der Waals surface area (Å²) in [6, 6.07) is 8.05. The second kappa shape index (κ2) is 6.51. The van der Waals surface area contributed by atoms with Crippen LogP contribution in [0.3, 0.4) is 0 Å². The average molecular weight is 274 g/mol. The molecule has 3 nitrogen and oxygen atoms in total. The van der Waals surface area contributed by atoms with Gasteiger partial charge in [-0.05, 0) is 36.5 Å². The summed E-state index contributed by atoms with van der Waals surface area (Å²) in [5, 5.41) is 9.22. The molecular formula is C16H19FN2O. The molecule has 1 amide bonds. The summed E-state index contributed by atoms with van der Waals surface area (Å²) in [4.78, 5) is 14.0. The van der Waals surface area contributed by atoms with Crippen LogP contribution in [0.5, 0.6) is 0 Å². The molecule has 1 heterocycles. The van der Waals surface area contributed by atoms with Crippen LogP contribution in [0.15, 0.2) is 24.3 Å². The maximum Gasteiger partial charge on any atom is 0.224 e. The highest BCUT2D eigenvalue weighted by Gasteiger charge is 2.23. The molecule has 0 N–H and O–H groups in total. The first-order valence-corrected chi connectivity index (χ1v) is 7.03. The fourth-order valence-corrected chi connectivity index (χ4v) is 2.52. The third kappa shape index (κ3) is 3.57. The van der Waals surface area contributed by atoms with Gasteiger partial charge in [-0.15, -0.1) is 0 Å². The Bertz CT molecular complexity index is 515. The Morgan fingerprint density at radius 2 is 2.20 bits per heavy atom. The van der Waals surface area contributed by atoms with Crippen molar-refractivity contribution < 1.29 is 9.18 Å². The van der Waals surface area contributed by atoms with Crippen molar-refractivity contribution in [2.75, 3.05) is 13.1 Å². The van der Waals surface area contributed by atoms with Gasteiger partial charge in [0, 0.05) is 19.5 Å². The van der Waals surface area contributed by atoms with Crippen LogP contribution >= 0.6 is 0 Å². The van der Waals surface area contributed by atoms with Crippen molar-refractivity contribution in [1.29, 1.82) is 5.26 Å². The van der Waals surface area contributed by atoms with Crippen LogP contribution in [0.4, 0.5) is 4.39 Å². The highest BCUT2D eigenvalue weighted by Crippen LogP contribution is 2.23. The van der Waals surface area contributed by atoms with Gasteiger partial charge < -0.3 is 4.90 Å². The Balaban J connectivity index is 2.00. The number of likely N-dealkylation sites (tertiary alicyclic amines) is 1. The third-order valence-electron chi connectivity index (χ3n) is 3.92. The van der Waals surface area contributed by atoms with Crippen LogP contribution in [-0.2, 0) is 4.79 Å². The number of carbonyl (C=O) groups excluding carboxylic acids is 1. The molecule has 0 bridgehead atoms. The zero-order valence-corrected chi connectivity index (χ0v) is 11.7. The third-order valence-corrected chi connectivity index (χ3v) is 3.92. The van der Waals surface area contributed by atoms with Crippen LogP contribution in [-0.4, -0.2) is 23.9 Å². The van der Waals surface area contributed by atoms with E-state index in [0.29, 0.717) is 11.5 Å². The lowest BCUT2D eigenvalue weighted by atomic mass is 9.94. The number of nitriles is 1. The first kappa shape index (κ1) is 14.5. The number of halogens is 1. The Morgan fingerprint density at radius 1 is 1.50 bits per heavy atom. The van der Waals surface area contributed by atoms with Crippen molar-refractivity contribution in [2.45, 2.75) is 32.1 Å². The maximum atomic E-state index is 13.2. The summed E-state index contributed by atoms with van der Waals surface area (Å²) < 4.78 is 13.2. The smallest absolute Gasteiger partial charge is 0.224 e. The molecule has 1 aromatic carbocycles. The molecule has 0 saturated carbocycles. The monoisotopic (exact) mass is 274 g/mol. The standard InChI is InChI=1S/C16H19FN2O/c1-12-5-7-19(8-6-12)16(20)10-14(11-18)13-3-2-4-15(17)9-13/h2-4,9,12,14H,5-8,10H2,1H3. The molecule has 1 aliphatic rings. The van der Waals surface area contributed by atoms with Gasteiger partial charge in [0.2, 0.25) is 5.91 Å². The van der Waals surface area contributed by atoms with Crippen LogP contribution in [0.2, 0.25) is 0 Å². The Morgan fingerprint density at radius 3 is 2.80 bits per heavy atom. The van der Waals surface area contributed by atoms with Crippen molar-refractivity contribution in [3.63, 3.8) is 0 Å². The van der Waals surface area contributed by atoms with E-state index < -0.39 is 5.92 Å². The number of amides is 1. The van der Waals surface area contributed by atoms with Crippen LogP contribution in [0.1, 0.15) is 37.7 Å². The molecule has 0 aromatic heterocycles. The predicted octanol–water partition coefficient (Wildman–Crippen LogP) is 3.08. The number of nitrogens with zero attached hydrogens (tertiary/aromatic N) is 2. The van der Waals surface area contributed by atoms with E-state index in [2.05, 4.69) is 13.0 Å². The molecule has 1 aliphatic heterocycles. The molecule has 1 saturated heterocycles. The first-order chi connectivity index (χ1) is 9.60. The van der Waals surface area contributed by atoms with Crippen molar-refractivity contribution in [3.05, 3.63) is 35.6 Å². The molecule has 20 heavy (non-hydrogen) atoms. The Hall–Kier alpha value is -1.89. The predicted molar refractivity (Wildman–Crippen MR) is 74.3 cm³/mol. The topological polar surface area (TPSA) is 44.1 Å². The zero-order valence-electron chi connectivity index (χ0n) is 11.7. The number of hydrogen-bond acceptors (Lipinski definition) is 2. The van der Waals surface area contributed by atoms with Crippen molar-refractivity contribution in [2.24, 2.45) is 5.92 Å². The lowest BCUT2D eigenvalue weighted by molar-refractivity contribution is -0.132. The summed E-state index contributed by atoms with van der Waals surface area (Å²) in [5.74, 6) is -0.290. The van der Waals surface area contributed by atoms with E-state index in [1.54, 1.807) is 12.1 Å². The lowest BCUT2D eigenvalue weighted by Gasteiger charge is -2.30. The van der Waals surface area contributed by atoms with E-state index in [0.717, 1.165) is 25.9 Å². The van der Waals surface area contributed by atoms with Crippen LogP contribution in [0, 0.1) is 23.1 Å². The molecule has 106 valence electrons. The fourth-order valence-electron chi connectivity index (χ4n) is 2.52. The van der Waals surface area contributed by atoms with Gasteiger partial charge in [0.25, 0.3) is 0 Å². The zero-order chi connectivity index (χ0) is 14.5. The minimum Gasteiger partial charge on any atom is -0.343 e. The maximum absolute atomic E-state index is 13.2. The number of carbonyl (C=O) groups is 1. The summed E-state index contributed by atoms with van der Waals surface area (Å²) in [7, 11) is 0. The summed E-state index contributed by atoms with van der Waals surface area (Å²) in [6.07, 6.45) is 2.17. The Labute approximate surface area is 119 Å². The summed E-state index contributed by atoms with van der Waals surface area (Å²) >= 11 is 0. The molecular weight excluding hydrogens is 255 g/mol. The van der Waals surface area contributed by atoms with Crippen molar-refractivity contribution in [3.8, 4) is 6.07 Å². The highest BCUT2D eigenvalue weighted by molar-refractivity contribution is 5.77. The highest BCUT2D eigenvalue weighted by atomic mass is 19.1. The molecule has 0 aliphatic carbocycles. The van der Waals surface area contributed by atoms with E-state index in [1.165, 1.54) is 12.1 Å². The minimum atomic E-state index is -0.572. The van der Waals surface area contributed by atoms with Gasteiger partial charge in [-0.1, -0.05) is 19.1 Å².